The van der Waals surface area contributed by atoms with Crippen molar-refractivity contribution in [2.24, 2.45) is 0 Å². The highest BCUT2D eigenvalue weighted by Gasteiger charge is 2.47. The molecule has 0 radical (unpaired) electrons. The third-order valence-electron chi connectivity index (χ3n) is 6.07. The fraction of sp³-hybridized carbons (Fsp3) is 0.261. The number of anilines is 1. The molecule has 2 aliphatic heterocycles. The second-order valence-corrected chi connectivity index (χ2v) is 11.0. The van der Waals surface area contributed by atoms with Crippen molar-refractivity contribution in [3.63, 3.8) is 0 Å². The fourth-order valence-electron chi connectivity index (χ4n) is 4.63. The Balaban J connectivity index is 1.66. The number of sulfone groups is 1. The summed E-state index contributed by atoms with van der Waals surface area (Å²) in [5.74, 6) is -7.01. The van der Waals surface area contributed by atoms with Crippen molar-refractivity contribution in [1.82, 2.24) is 15.1 Å². The van der Waals surface area contributed by atoms with Crippen molar-refractivity contribution in [1.29, 1.82) is 0 Å². The maximum Gasteiger partial charge on any atom is 0.272 e. The summed E-state index contributed by atoms with van der Waals surface area (Å²) in [7, 11) is -3.75. The van der Waals surface area contributed by atoms with Gasteiger partial charge in [-0.15, -0.1) is 0 Å². The van der Waals surface area contributed by atoms with E-state index in [1.54, 1.807) is 0 Å². The number of hydrogen-bond acceptors (Lipinski definition) is 6. The topological polar surface area (TPSA) is 119 Å². The van der Waals surface area contributed by atoms with Crippen molar-refractivity contribution in [3.8, 4) is 17.0 Å². The predicted molar refractivity (Wildman–Crippen MR) is 122 cm³/mol. The third-order valence-corrected chi connectivity index (χ3v) is 6.86. The molecule has 3 heterocycles. The Kier molecular flexibility index (Phi) is 5.73. The van der Waals surface area contributed by atoms with Crippen LogP contribution in [0.3, 0.4) is 0 Å². The highest BCUT2D eigenvalue weighted by Crippen LogP contribution is 2.44. The van der Waals surface area contributed by atoms with Crippen molar-refractivity contribution >= 4 is 27.3 Å². The molecule has 5 rings (SSSR count). The van der Waals surface area contributed by atoms with Gasteiger partial charge in [0.1, 0.15) is 34.5 Å². The van der Waals surface area contributed by atoms with E-state index in [-0.39, 0.29) is 53.5 Å². The van der Waals surface area contributed by atoms with Gasteiger partial charge in [-0.3, -0.25) is 14.3 Å². The Morgan fingerprint density at radius 2 is 1.92 bits per heavy atom. The zero-order valence-electron chi connectivity index (χ0n) is 19.1. The van der Waals surface area contributed by atoms with Crippen molar-refractivity contribution < 1.29 is 40.3 Å². The van der Waals surface area contributed by atoms with Gasteiger partial charge in [0.25, 0.3) is 5.91 Å². The van der Waals surface area contributed by atoms with Crippen LogP contribution in [0.15, 0.2) is 30.3 Å². The quantitative estimate of drug-likeness (QED) is 0.493. The van der Waals surface area contributed by atoms with Crippen LogP contribution < -0.4 is 15.4 Å². The number of benzene rings is 2. The summed E-state index contributed by atoms with van der Waals surface area (Å²) < 4.78 is 86.1. The lowest BCUT2D eigenvalue weighted by Gasteiger charge is -2.42. The van der Waals surface area contributed by atoms with Crippen LogP contribution in [0.2, 0.25) is 0 Å². The Bertz CT molecular complexity index is 1590. The standard InChI is InChI=1S/C23H18F4N4O5S/c1-37(34,35)9-17(32)28-20-19(11-2-3-13(25)14(26)6-11)30-31-10-23(29-22(33)21(20)31)4-5-36-16-8-12(24)7-15(27)18(16)23/h2-3,6-8H,4-5,9-10H2,1H3,(H,28,32)(H,29,33)/t23-/m1/s1. The first-order chi connectivity index (χ1) is 17.4. The first kappa shape index (κ1) is 24.7. The molecule has 14 heteroatoms. The number of carbonyl (C=O) groups is 2. The Morgan fingerprint density at radius 1 is 1.16 bits per heavy atom. The van der Waals surface area contributed by atoms with Gasteiger partial charge in [-0.25, -0.2) is 26.0 Å². The average Bonchev–Trinajstić information content (AvgIpc) is 3.11. The van der Waals surface area contributed by atoms with Gasteiger partial charge in [-0.05, 0) is 18.2 Å². The molecule has 2 amide bonds. The summed E-state index contributed by atoms with van der Waals surface area (Å²) in [6.07, 6.45) is 0.927. The van der Waals surface area contributed by atoms with Crippen LogP contribution in [-0.4, -0.2) is 48.6 Å². The molecule has 3 aromatic rings. The van der Waals surface area contributed by atoms with Crippen LogP contribution in [-0.2, 0) is 26.7 Å². The molecule has 0 fully saturated rings. The van der Waals surface area contributed by atoms with E-state index in [0.717, 1.165) is 29.1 Å². The van der Waals surface area contributed by atoms with Gasteiger partial charge >= 0.3 is 0 Å². The molecule has 0 unspecified atom stereocenters. The van der Waals surface area contributed by atoms with E-state index in [2.05, 4.69) is 15.7 Å². The maximum atomic E-state index is 14.9. The molecular weight excluding hydrogens is 520 g/mol. The van der Waals surface area contributed by atoms with Gasteiger partial charge in [0.2, 0.25) is 5.91 Å². The second-order valence-electron chi connectivity index (χ2n) is 8.87. The molecule has 2 aromatic carbocycles. The van der Waals surface area contributed by atoms with E-state index in [9.17, 15) is 35.6 Å². The van der Waals surface area contributed by atoms with Gasteiger partial charge in [-0.1, -0.05) is 0 Å². The van der Waals surface area contributed by atoms with Gasteiger partial charge in [0.05, 0.1) is 24.3 Å². The van der Waals surface area contributed by atoms with E-state index in [1.165, 1.54) is 6.07 Å². The van der Waals surface area contributed by atoms with Crippen molar-refractivity contribution in [2.45, 2.75) is 18.5 Å². The van der Waals surface area contributed by atoms with Crippen LogP contribution >= 0.6 is 0 Å². The minimum absolute atomic E-state index is 0.0146. The summed E-state index contributed by atoms with van der Waals surface area (Å²) in [5, 5.41) is 9.37. The Hall–Kier alpha value is -3.94. The lowest BCUT2D eigenvalue weighted by atomic mass is 9.82. The number of fused-ring (bicyclic) bond motifs is 3. The number of nitrogens with zero attached hydrogens (tertiary/aromatic N) is 2. The van der Waals surface area contributed by atoms with E-state index >= 15 is 0 Å². The molecule has 0 saturated heterocycles. The molecule has 0 saturated carbocycles. The number of hydrogen-bond donors (Lipinski definition) is 2. The Labute approximate surface area is 207 Å². The number of nitrogens with one attached hydrogen (secondary N) is 2. The second kappa shape index (κ2) is 8.57. The summed E-state index contributed by atoms with van der Waals surface area (Å²) in [4.78, 5) is 25.9. The molecule has 0 bridgehead atoms. The number of amides is 2. The van der Waals surface area contributed by atoms with E-state index in [4.69, 9.17) is 4.74 Å². The Morgan fingerprint density at radius 3 is 2.62 bits per heavy atom. The van der Waals surface area contributed by atoms with Crippen LogP contribution in [0, 0.1) is 23.3 Å². The molecule has 0 aliphatic carbocycles. The third kappa shape index (κ3) is 4.41. The van der Waals surface area contributed by atoms with Crippen LogP contribution in [0.5, 0.6) is 5.75 Å². The first-order valence-corrected chi connectivity index (χ1v) is 12.9. The molecule has 9 nitrogen and oxygen atoms in total. The SMILES string of the molecule is CS(=O)(=O)CC(=O)Nc1c(-c2ccc(F)c(F)c2)nn2c1C(=O)N[C@]1(CCOc3cc(F)cc(F)c31)C2. The summed E-state index contributed by atoms with van der Waals surface area (Å²) in [5.41, 5.74) is -2.11. The van der Waals surface area contributed by atoms with Gasteiger partial charge in [-0.2, -0.15) is 5.10 Å². The maximum absolute atomic E-state index is 14.9. The molecule has 194 valence electrons. The summed E-state index contributed by atoms with van der Waals surface area (Å²) >= 11 is 0. The lowest BCUT2D eigenvalue weighted by molar-refractivity contribution is -0.113. The zero-order chi connectivity index (χ0) is 26.7. The van der Waals surface area contributed by atoms with Crippen LogP contribution in [0.1, 0.15) is 22.5 Å². The average molecular weight is 538 g/mol. The minimum atomic E-state index is -3.75. The normalized spacial score (nSPS) is 18.6. The van der Waals surface area contributed by atoms with E-state index in [1.807, 2.05) is 0 Å². The molecular formula is C23H18F4N4O5S. The van der Waals surface area contributed by atoms with Gasteiger partial charge in [0.15, 0.2) is 27.2 Å². The fourth-order valence-corrected chi connectivity index (χ4v) is 5.18. The minimum Gasteiger partial charge on any atom is -0.493 e. The number of aromatic nitrogens is 2. The zero-order valence-corrected chi connectivity index (χ0v) is 19.9. The molecule has 1 spiro atoms. The summed E-state index contributed by atoms with van der Waals surface area (Å²) in [6.45, 7) is -0.174. The number of ether oxygens (including phenoxy) is 1. The van der Waals surface area contributed by atoms with Gasteiger partial charge < -0.3 is 15.4 Å². The van der Waals surface area contributed by atoms with E-state index < -0.39 is 56.2 Å². The van der Waals surface area contributed by atoms with Crippen molar-refractivity contribution in [2.75, 3.05) is 23.9 Å². The smallest absolute Gasteiger partial charge is 0.272 e. The number of carbonyl (C=O) groups excluding carboxylic acids is 2. The lowest BCUT2D eigenvalue weighted by Crippen LogP contribution is -2.56. The van der Waals surface area contributed by atoms with Crippen LogP contribution in [0.25, 0.3) is 11.3 Å². The predicted octanol–water partition coefficient (Wildman–Crippen LogP) is 2.51. The molecule has 1 aromatic heterocycles. The van der Waals surface area contributed by atoms with Crippen molar-refractivity contribution in [3.05, 3.63) is 64.9 Å². The summed E-state index contributed by atoms with van der Waals surface area (Å²) in [6, 6.07) is 4.44. The van der Waals surface area contributed by atoms with Gasteiger partial charge in [0, 0.05) is 30.4 Å². The molecule has 37 heavy (non-hydrogen) atoms. The molecule has 2 N–H and O–H groups in total. The number of halogens is 4. The highest BCUT2D eigenvalue weighted by atomic mass is 32.2. The highest BCUT2D eigenvalue weighted by molar-refractivity contribution is 7.91. The largest absolute Gasteiger partial charge is 0.493 e. The molecule has 1 atom stereocenters. The van der Waals surface area contributed by atoms with E-state index in [0.29, 0.717) is 6.07 Å². The molecule has 2 aliphatic rings. The monoisotopic (exact) mass is 538 g/mol. The van der Waals surface area contributed by atoms with Crippen LogP contribution in [0.4, 0.5) is 23.2 Å². The first-order valence-electron chi connectivity index (χ1n) is 10.9. The number of rotatable bonds is 4.